The monoisotopic (exact) mass is 365 g/mol. The molecule has 0 saturated carbocycles. The summed E-state index contributed by atoms with van der Waals surface area (Å²) in [6.07, 6.45) is 1.67. The Morgan fingerprint density at radius 1 is 1.00 bits per heavy atom. The highest BCUT2D eigenvalue weighted by Gasteiger charge is 2.17. The SMILES string of the molecule is C=Cc1cc(C)nc(CN(CCN(CC(=O)O)CC(=O)O)CC(=O)O)c1. The highest BCUT2D eigenvalue weighted by molar-refractivity contribution is 5.72. The van der Waals surface area contributed by atoms with Gasteiger partial charge >= 0.3 is 17.9 Å². The van der Waals surface area contributed by atoms with Crippen molar-refractivity contribution in [1.29, 1.82) is 0 Å². The quantitative estimate of drug-likeness (QED) is 0.481. The van der Waals surface area contributed by atoms with Crippen LogP contribution >= 0.6 is 0 Å². The summed E-state index contributed by atoms with van der Waals surface area (Å²) in [6, 6.07) is 3.64. The molecule has 0 radical (unpaired) electrons. The lowest BCUT2D eigenvalue weighted by Gasteiger charge is -2.24. The van der Waals surface area contributed by atoms with Gasteiger partial charge in [-0.25, -0.2) is 0 Å². The Bertz CT molecular complexity index is 660. The van der Waals surface area contributed by atoms with Crippen molar-refractivity contribution in [3.63, 3.8) is 0 Å². The number of aryl methyl sites for hydroxylation is 1. The van der Waals surface area contributed by atoms with Gasteiger partial charge in [-0.3, -0.25) is 29.2 Å². The van der Waals surface area contributed by atoms with Crippen LogP contribution < -0.4 is 0 Å². The van der Waals surface area contributed by atoms with Crippen molar-refractivity contribution in [2.45, 2.75) is 13.5 Å². The van der Waals surface area contributed by atoms with Crippen LogP contribution in [0.5, 0.6) is 0 Å². The topological polar surface area (TPSA) is 131 Å². The maximum atomic E-state index is 11.1. The van der Waals surface area contributed by atoms with Gasteiger partial charge in [-0.1, -0.05) is 12.7 Å². The molecule has 9 heteroatoms. The van der Waals surface area contributed by atoms with Crippen LogP contribution in [0.4, 0.5) is 0 Å². The van der Waals surface area contributed by atoms with Crippen LogP contribution in [-0.4, -0.2) is 80.7 Å². The van der Waals surface area contributed by atoms with Crippen molar-refractivity contribution in [3.05, 3.63) is 35.7 Å². The van der Waals surface area contributed by atoms with Crippen molar-refractivity contribution in [2.24, 2.45) is 0 Å². The van der Waals surface area contributed by atoms with E-state index in [1.54, 1.807) is 17.0 Å². The standard InChI is InChI=1S/C17H23N3O6/c1-3-13-6-12(2)18-14(7-13)8-19(9-15(21)22)4-5-20(10-16(23)24)11-17(25)26/h3,6-7H,1,4-5,8-11H2,2H3,(H,21,22)(H,23,24)(H,25,26). The summed E-state index contributed by atoms with van der Waals surface area (Å²) in [5, 5.41) is 26.8. The largest absolute Gasteiger partial charge is 0.480 e. The molecule has 1 rings (SSSR count). The maximum Gasteiger partial charge on any atom is 0.317 e. The van der Waals surface area contributed by atoms with E-state index in [2.05, 4.69) is 11.6 Å². The van der Waals surface area contributed by atoms with Gasteiger partial charge in [0.25, 0.3) is 0 Å². The Labute approximate surface area is 151 Å². The number of rotatable bonds is 12. The van der Waals surface area contributed by atoms with Gasteiger partial charge < -0.3 is 15.3 Å². The zero-order valence-corrected chi connectivity index (χ0v) is 14.6. The van der Waals surface area contributed by atoms with Crippen molar-refractivity contribution in [1.82, 2.24) is 14.8 Å². The van der Waals surface area contributed by atoms with Crippen molar-refractivity contribution in [3.8, 4) is 0 Å². The van der Waals surface area contributed by atoms with E-state index in [-0.39, 0.29) is 26.2 Å². The molecule has 1 heterocycles. The fourth-order valence-corrected chi connectivity index (χ4v) is 2.48. The van der Waals surface area contributed by atoms with E-state index in [9.17, 15) is 14.4 Å². The van der Waals surface area contributed by atoms with Crippen molar-refractivity contribution < 1.29 is 29.7 Å². The Hall–Kier alpha value is -2.78. The summed E-state index contributed by atoms with van der Waals surface area (Å²) in [6.45, 7) is 4.91. The molecule has 0 amide bonds. The molecule has 26 heavy (non-hydrogen) atoms. The lowest BCUT2D eigenvalue weighted by Crippen LogP contribution is -2.41. The number of aliphatic carboxylic acids is 3. The molecule has 1 aromatic rings. The van der Waals surface area contributed by atoms with Crippen molar-refractivity contribution in [2.75, 3.05) is 32.7 Å². The molecular formula is C17H23N3O6. The molecule has 0 unspecified atom stereocenters. The highest BCUT2D eigenvalue weighted by atomic mass is 16.4. The van der Waals surface area contributed by atoms with Crippen LogP contribution in [0.2, 0.25) is 0 Å². The molecule has 0 spiro atoms. The number of pyridine rings is 1. The first-order valence-corrected chi connectivity index (χ1v) is 7.89. The van der Waals surface area contributed by atoms with Crippen LogP contribution in [0.25, 0.3) is 6.08 Å². The molecule has 0 aliphatic carbocycles. The molecular weight excluding hydrogens is 342 g/mol. The summed E-state index contributed by atoms with van der Waals surface area (Å²) in [5.41, 5.74) is 2.29. The molecule has 0 aromatic carbocycles. The smallest absolute Gasteiger partial charge is 0.317 e. The second kappa shape index (κ2) is 10.3. The van der Waals surface area contributed by atoms with E-state index in [0.29, 0.717) is 5.69 Å². The van der Waals surface area contributed by atoms with E-state index in [1.165, 1.54) is 4.90 Å². The minimum absolute atomic E-state index is 0.103. The molecule has 0 aliphatic rings. The van der Waals surface area contributed by atoms with Crippen molar-refractivity contribution >= 4 is 24.0 Å². The molecule has 3 N–H and O–H groups in total. The number of aromatic nitrogens is 1. The minimum atomic E-state index is -1.15. The number of hydrogen-bond acceptors (Lipinski definition) is 6. The van der Waals surface area contributed by atoms with E-state index in [0.717, 1.165) is 11.3 Å². The van der Waals surface area contributed by atoms with Crippen LogP contribution in [0.3, 0.4) is 0 Å². The second-order valence-corrected chi connectivity index (χ2v) is 5.84. The normalized spacial score (nSPS) is 10.9. The van der Waals surface area contributed by atoms with Crippen LogP contribution in [-0.2, 0) is 20.9 Å². The summed E-state index contributed by atoms with van der Waals surface area (Å²) in [4.78, 5) is 40.0. The molecule has 9 nitrogen and oxygen atoms in total. The number of hydrogen-bond donors (Lipinski definition) is 3. The predicted octanol–water partition coefficient (Wildman–Crippen LogP) is 0.391. The van der Waals surface area contributed by atoms with Crippen LogP contribution in [0, 0.1) is 6.92 Å². The molecule has 0 fully saturated rings. The predicted molar refractivity (Wildman–Crippen MR) is 93.7 cm³/mol. The zero-order valence-electron chi connectivity index (χ0n) is 14.6. The minimum Gasteiger partial charge on any atom is -0.480 e. The Morgan fingerprint density at radius 2 is 1.50 bits per heavy atom. The van der Waals surface area contributed by atoms with Gasteiger partial charge in [-0.05, 0) is 24.6 Å². The van der Waals surface area contributed by atoms with Crippen LogP contribution in [0.1, 0.15) is 17.0 Å². The molecule has 142 valence electrons. The lowest BCUT2D eigenvalue weighted by molar-refractivity contribution is -0.143. The molecule has 1 aromatic heterocycles. The number of carbonyl (C=O) groups is 3. The summed E-state index contributed by atoms with van der Waals surface area (Å²) < 4.78 is 0. The molecule has 0 saturated heterocycles. The van der Waals surface area contributed by atoms with Gasteiger partial charge in [0.15, 0.2) is 0 Å². The average molecular weight is 365 g/mol. The van der Waals surface area contributed by atoms with E-state index in [1.807, 2.05) is 13.0 Å². The fraction of sp³-hybridized carbons (Fsp3) is 0.412. The summed E-state index contributed by atoms with van der Waals surface area (Å²) in [7, 11) is 0. The summed E-state index contributed by atoms with van der Waals surface area (Å²) in [5.74, 6) is -3.33. The zero-order chi connectivity index (χ0) is 19.7. The van der Waals surface area contributed by atoms with Gasteiger partial charge in [0.2, 0.25) is 0 Å². The number of carboxylic acids is 3. The lowest BCUT2D eigenvalue weighted by atomic mass is 10.2. The summed E-state index contributed by atoms with van der Waals surface area (Å²) >= 11 is 0. The third-order valence-electron chi connectivity index (χ3n) is 3.46. The third-order valence-corrected chi connectivity index (χ3v) is 3.46. The van der Waals surface area contributed by atoms with Gasteiger partial charge in [0.05, 0.1) is 25.3 Å². The van der Waals surface area contributed by atoms with E-state index >= 15 is 0 Å². The van der Waals surface area contributed by atoms with Gasteiger partial charge in [0, 0.05) is 25.3 Å². The highest BCUT2D eigenvalue weighted by Crippen LogP contribution is 2.10. The molecule has 0 atom stereocenters. The fourth-order valence-electron chi connectivity index (χ4n) is 2.48. The van der Waals surface area contributed by atoms with Gasteiger partial charge in [0.1, 0.15) is 0 Å². The average Bonchev–Trinajstić information content (AvgIpc) is 2.50. The first kappa shape index (κ1) is 21.3. The third kappa shape index (κ3) is 8.36. The maximum absolute atomic E-state index is 11.1. The Balaban J connectivity index is 2.83. The molecule has 0 aliphatic heterocycles. The second-order valence-electron chi connectivity index (χ2n) is 5.84. The Kier molecular flexibility index (Phi) is 8.40. The van der Waals surface area contributed by atoms with E-state index in [4.69, 9.17) is 15.3 Å². The number of carboxylic acid groups (broad SMARTS) is 3. The van der Waals surface area contributed by atoms with Crippen LogP contribution in [0.15, 0.2) is 18.7 Å². The van der Waals surface area contributed by atoms with Gasteiger partial charge in [-0.2, -0.15) is 0 Å². The molecule has 0 bridgehead atoms. The van der Waals surface area contributed by atoms with E-state index < -0.39 is 31.0 Å². The van der Waals surface area contributed by atoms with Gasteiger partial charge in [-0.15, -0.1) is 0 Å². The first-order valence-electron chi connectivity index (χ1n) is 7.89. The number of nitrogens with zero attached hydrogens (tertiary/aromatic N) is 3. The Morgan fingerprint density at radius 3 is 2.00 bits per heavy atom. The first-order chi connectivity index (χ1) is 12.2.